The van der Waals surface area contributed by atoms with E-state index >= 15 is 0 Å². The molecule has 0 aliphatic heterocycles. The minimum atomic E-state index is -0.872. The van der Waals surface area contributed by atoms with E-state index in [0.717, 1.165) is 17.0 Å². The Hall–Kier alpha value is -1.75. The van der Waals surface area contributed by atoms with Crippen LogP contribution in [0.4, 0.5) is 14.5 Å². The molecule has 0 spiro atoms. The summed E-state index contributed by atoms with van der Waals surface area (Å²) in [5.41, 5.74) is 6.53. The van der Waals surface area contributed by atoms with Gasteiger partial charge in [0, 0.05) is 9.79 Å². The van der Waals surface area contributed by atoms with E-state index in [1.54, 1.807) is 6.07 Å². The molecule has 2 aromatic carbocycles. The highest BCUT2D eigenvalue weighted by Crippen LogP contribution is 2.37. The highest BCUT2D eigenvalue weighted by molar-refractivity contribution is 7.99. The van der Waals surface area contributed by atoms with Crippen LogP contribution < -0.4 is 10.5 Å². The molecule has 0 atom stereocenters. The lowest BCUT2D eigenvalue weighted by atomic mass is 10.3. The SMILES string of the molecule is CC(C)Oc1cccc(Sc2ccc(F)c(F)c2)c1N. The maximum absolute atomic E-state index is 13.2. The van der Waals surface area contributed by atoms with Gasteiger partial charge in [-0.2, -0.15) is 0 Å². The molecule has 0 radical (unpaired) electrons. The molecular weight excluding hydrogens is 280 g/mol. The van der Waals surface area contributed by atoms with Crippen molar-refractivity contribution in [3.63, 3.8) is 0 Å². The minimum Gasteiger partial charge on any atom is -0.489 e. The molecular formula is C15H15F2NOS. The lowest BCUT2D eigenvalue weighted by molar-refractivity contribution is 0.243. The number of nitrogens with two attached hydrogens (primary N) is 1. The van der Waals surface area contributed by atoms with Crippen molar-refractivity contribution in [2.45, 2.75) is 29.7 Å². The standard InChI is InChI=1S/C15H15F2NOS/c1-9(2)19-13-4-3-5-14(15(13)18)20-10-6-7-11(16)12(17)8-10/h3-9H,18H2,1-2H3. The first-order valence-electron chi connectivity index (χ1n) is 6.15. The van der Waals surface area contributed by atoms with Crippen molar-refractivity contribution in [3.8, 4) is 5.75 Å². The molecule has 0 saturated carbocycles. The Kier molecular flexibility index (Phi) is 4.49. The van der Waals surface area contributed by atoms with Gasteiger partial charge in [-0.25, -0.2) is 8.78 Å². The second kappa shape index (κ2) is 6.13. The van der Waals surface area contributed by atoms with Gasteiger partial charge >= 0.3 is 0 Å². The van der Waals surface area contributed by atoms with Crippen molar-refractivity contribution in [2.75, 3.05) is 5.73 Å². The number of anilines is 1. The number of para-hydroxylation sites is 1. The van der Waals surface area contributed by atoms with E-state index in [0.29, 0.717) is 16.3 Å². The molecule has 0 saturated heterocycles. The zero-order valence-electron chi connectivity index (χ0n) is 11.2. The van der Waals surface area contributed by atoms with E-state index in [-0.39, 0.29) is 6.10 Å². The van der Waals surface area contributed by atoms with Gasteiger partial charge in [0.1, 0.15) is 5.75 Å². The Morgan fingerprint density at radius 2 is 1.85 bits per heavy atom. The van der Waals surface area contributed by atoms with Gasteiger partial charge in [-0.1, -0.05) is 17.8 Å². The van der Waals surface area contributed by atoms with Gasteiger partial charge in [0.05, 0.1) is 11.8 Å². The van der Waals surface area contributed by atoms with Crippen LogP contribution in [0.5, 0.6) is 5.75 Å². The Balaban J connectivity index is 2.27. The zero-order chi connectivity index (χ0) is 14.7. The second-order valence-electron chi connectivity index (χ2n) is 4.51. The summed E-state index contributed by atoms with van der Waals surface area (Å²) in [4.78, 5) is 1.33. The number of ether oxygens (including phenoxy) is 1. The van der Waals surface area contributed by atoms with E-state index in [2.05, 4.69) is 0 Å². The number of benzene rings is 2. The van der Waals surface area contributed by atoms with Crippen molar-refractivity contribution in [1.82, 2.24) is 0 Å². The van der Waals surface area contributed by atoms with Crippen LogP contribution in [0.15, 0.2) is 46.2 Å². The molecule has 0 unspecified atom stereocenters. The second-order valence-corrected chi connectivity index (χ2v) is 5.63. The Labute approximate surface area is 120 Å². The minimum absolute atomic E-state index is 0.0146. The van der Waals surface area contributed by atoms with Crippen LogP contribution in [-0.4, -0.2) is 6.10 Å². The monoisotopic (exact) mass is 295 g/mol. The van der Waals surface area contributed by atoms with Gasteiger partial charge in [0.25, 0.3) is 0 Å². The summed E-state index contributed by atoms with van der Waals surface area (Å²) in [6, 6.07) is 9.17. The van der Waals surface area contributed by atoms with Crippen molar-refractivity contribution in [2.24, 2.45) is 0 Å². The lowest BCUT2D eigenvalue weighted by Gasteiger charge is -2.14. The van der Waals surface area contributed by atoms with Crippen LogP contribution in [0.1, 0.15) is 13.8 Å². The number of nitrogen functional groups attached to an aromatic ring is 1. The highest BCUT2D eigenvalue weighted by atomic mass is 32.2. The van der Waals surface area contributed by atoms with Gasteiger partial charge in [-0.15, -0.1) is 0 Å². The molecule has 0 bridgehead atoms. The van der Waals surface area contributed by atoms with Gasteiger partial charge in [0.15, 0.2) is 11.6 Å². The lowest BCUT2D eigenvalue weighted by Crippen LogP contribution is -2.07. The normalized spacial score (nSPS) is 10.8. The van der Waals surface area contributed by atoms with Crippen LogP contribution in [0.2, 0.25) is 0 Å². The number of hydrogen-bond acceptors (Lipinski definition) is 3. The predicted molar refractivity (Wildman–Crippen MR) is 77.1 cm³/mol. The third kappa shape index (κ3) is 3.42. The Morgan fingerprint density at radius 1 is 1.10 bits per heavy atom. The molecule has 2 N–H and O–H groups in total. The van der Waals surface area contributed by atoms with E-state index in [1.165, 1.54) is 17.8 Å². The Bertz CT molecular complexity index is 617. The molecule has 2 nitrogen and oxygen atoms in total. The first-order chi connectivity index (χ1) is 9.47. The summed E-state index contributed by atoms with van der Waals surface area (Å²) < 4.78 is 31.7. The molecule has 2 aromatic rings. The summed E-state index contributed by atoms with van der Waals surface area (Å²) in [5.74, 6) is -1.14. The fourth-order valence-corrected chi connectivity index (χ4v) is 2.55. The number of rotatable bonds is 4. The molecule has 0 amide bonds. The predicted octanol–water partition coefficient (Wildman–Crippen LogP) is 4.49. The van der Waals surface area contributed by atoms with Gasteiger partial charge in [-0.05, 0) is 44.2 Å². The molecule has 0 aliphatic rings. The summed E-state index contributed by atoms with van der Waals surface area (Å²) in [6.07, 6.45) is 0.0146. The molecule has 20 heavy (non-hydrogen) atoms. The summed E-state index contributed by atoms with van der Waals surface area (Å²) in [7, 11) is 0. The highest BCUT2D eigenvalue weighted by Gasteiger charge is 2.10. The first-order valence-corrected chi connectivity index (χ1v) is 6.97. The van der Waals surface area contributed by atoms with Crippen molar-refractivity contribution >= 4 is 17.4 Å². The van der Waals surface area contributed by atoms with Gasteiger partial charge in [-0.3, -0.25) is 0 Å². The smallest absolute Gasteiger partial charge is 0.159 e. The van der Waals surface area contributed by atoms with Gasteiger partial charge < -0.3 is 10.5 Å². The van der Waals surface area contributed by atoms with Crippen molar-refractivity contribution in [1.29, 1.82) is 0 Å². The molecule has 5 heteroatoms. The van der Waals surface area contributed by atoms with Crippen LogP contribution in [0, 0.1) is 11.6 Å². The first kappa shape index (κ1) is 14.7. The maximum atomic E-state index is 13.2. The van der Waals surface area contributed by atoms with Crippen LogP contribution in [-0.2, 0) is 0 Å². The van der Waals surface area contributed by atoms with E-state index in [4.69, 9.17) is 10.5 Å². The molecule has 0 heterocycles. The average Bonchev–Trinajstić information content (AvgIpc) is 2.38. The van der Waals surface area contributed by atoms with Crippen molar-refractivity contribution < 1.29 is 13.5 Å². The third-order valence-corrected chi connectivity index (χ3v) is 3.57. The maximum Gasteiger partial charge on any atom is 0.159 e. The topological polar surface area (TPSA) is 35.2 Å². The van der Waals surface area contributed by atoms with E-state index < -0.39 is 11.6 Å². The number of hydrogen-bond donors (Lipinski definition) is 1. The third-order valence-electron chi connectivity index (χ3n) is 2.51. The average molecular weight is 295 g/mol. The molecule has 0 aliphatic carbocycles. The van der Waals surface area contributed by atoms with Crippen LogP contribution in [0.25, 0.3) is 0 Å². The van der Waals surface area contributed by atoms with E-state index in [1.807, 2.05) is 26.0 Å². The fraction of sp³-hybridized carbons (Fsp3) is 0.200. The quantitative estimate of drug-likeness (QED) is 0.844. The molecule has 106 valence electrons. The number of halogens is 2. The van der Waals surface area contributed by atoms with Crippen molar-refractivity contribution in [3.05, 3.63) is 48.0 Å². The summed E-state index contributed by atoms with van der Waals surface area (Å²) >= 11 is 1.27. The largest absolute Gasteiger partial charge is 0.489 e. The molecule has 2 rings (SSSR count). The van der Waals surface area contributed by atoms with Crippen LogP contribution >= 0.6 is 11.8 Å². The van der Waals surface area contributed by atoms with E-state index in [9.17, 15) is 8.78 Å². The fourth-order valence-electron chi connectivity index (χ4n) is 1.64. The molecule has 0 aromatic heterocycles. The van der Waals surface area contributed by atoms with Crippen LogP contribution in [0.3, 0.4) is 0 Å². The Morgan fingerprint density at radius 3 is 2.50 bits per heavy atom. The summed E-state index contributed by atoms with van der Waals surface area (Å²) in [6.45, 7) is 3.82. The molecule has 0 fully saturated rings. The van der Waals surface area contributed by atoms with Gasteiger partial charge in [0.2, 0.25) is 0 Å². The zero-order valence-corrected chi connectivity index (χ0v) is 12.0. The summed E-state index contributed by atoms with van der Waals surface area (Å²) in [5, 5.41) is 0.